The Labute approximate surface area is 70.3 Å². The predicted octanol–water partition coefficient (Wildman–Crippen LogP) is 1.30. The van der Waals surface area contributed by atoms with Crippen molar-refractivity contribution in [1.29, 1.82) is 0 Å². The van der Waals surface area contributed by atoms with E-state index >= 15 is 0 Å². The maximum absolute atomic E-state index is 10.6. The molecule has 0 aliphatic heterocycles. The van der Waals surface area contributed by atoms with Gasteiger partial charge in [-0.15, -0.1) is 0 Å². The summed E-state index contributed by atoms with van der Waals surface area (Å²) in [6.07, 6.45) is 0. The van der Waals surface area contributed by atoms with Crippen LogP contribution in [0.5, 0.6) is 0 Å². The molecule has 2 nitrogen and oxygen atoms in total. The number of ketones is 2. The van der Waals surface area contributed by atoms with Gasteiger partial charge in [0.2, 0.25) is 11.6 Å². The van der Waals surface area contributed by atoms with E-state index in [1.165, 1.54) is 0 Å². The highest BCUT2D eigenvalue weighted by atomic mass is 79.9. The lowest BCUT2D eigenvalue weighted by molar-refractivity contribution is -0.134. The van der Waals surface area contributed by atoms with Gasteiger partial charge < -0.3 is 0 Å². The first-order chi connectivity index (χ1) is 4.09. The van der Waals surface area contributed by atoms with Crippen molar-refractivity contribution in [2.24, 2.45) is 0 Å². The first kappa shape index (κ1) is 9.30. The monoisotopic (exact) mass is 256 g/mol. The molecule has 0 amide bonds. The fourth-order valence-electron chi connectivity index (χ4n) is 0.288. The third-order valence-corrected chi connectivity index (χ3v) is 1.68. The van der Waals surface area contributed by atoms with E-state index in [0.29, 0.717) is 0 Å². The Balaban J connectivity index is 3.89. The summed E-state index contributed by atoms with van der Waals surface area (Å²) in [7, 11) is 0. The van der Waals surface area contributed by atoms with Crippen LogP contribution in [0.1, 0.15) is 6.92 Å². The molecule has 0 radical (unpaired) electrons. The van der Waals surface area contributed by atoms with Crippen LogP contribution in [-0.4, -0.2) is 21.7 Å². The summed E-state index contributed by atoms with van der Waals surface area (Å²) in [6.45, 7) is 1.63. The van der Waals surface area contributed by atoms with Crippen molar-refractivity contribution >= 4 is 43.4 Å². The minimum absolute atomic E-state index is 0.113. The molecule has 1 unspecified atom stereocenters. The number of Topliss-reactive ketones (excluding diaryl/α,β-unsaturated/α-hetero) is 2. The zero-order valence-electron chi connectivity index (χ0n) is 4.86. The van der Waals surface area contributed by atoms with E-state index in [4.69, 9.17) is 0 Å². The lowest BCUT2D eigenvalue weighted by Crippen LogP contribution is -2.22. The van der Waals surface area contributed by atoms with Gasteiger partial charge in [0.15, 0.2) is 0 Å². The third-order valence-electron chi connectivity index (χ3n) is 0.757. The number of carbonyl (C=O) groups excluding carboxylic acids is 2. The standard InChI is InChI=1S/C5H6Br2O2/c1-3(7)5(9)4(8)2-6/h3H,2H2,1H3. The highest BCUT2D eigenvalue weighted by molar-refractivity contribution is 9.10. The molecule has 0 aromatic heterocycles. The zero-order valence-corrected chi connectivity index (χ0v) is 8.03. The Kier molecular flexibility index (Phi) is 4.31. The highest BCUT2D eigenvalue weighted by Crippen LogP contribution is 2.00. The van der Waals surface area contributed by atoms with Crippen molar-refractivity contribution in [2.75, 3.05) is 5.33 Å². The van der Waals surface area contributed by atoms with Gasteiger partial charge in [0.25, 0.3) is 0 Å². The zero-order chi connectivity index (χ0) is 7.44. The van der Waals surface area contributed by atoms with Crippen LogP contribution >= 0.6 is 31.9 Å². The molecule has 0 aromatic carbocycles. The molecule has 0 rings (SSSR count). The van der Waals surface area contributed by atoms with E-state index in [1.807, 2.05) is 0 Å². The molecule has 9 heavy (non-hydrogen) atoms. The second kappa shape index (κ2) is 4.17. The van der Waals surface area contributed by atoms with E-state index in [0.717, 1.165) is 0 Å². The van der Waals surface area contributed by atoms with Crippen molar-refractivity contribution in [2.45, 2.75) is 11.8 Å². The number of carbonyl (C=O) groups is 2. The van der Waals surface area contributed by atoms with E-state index in [-0.39, 0.29) is 21.7 Å². The van der Waals surface area contributed by atoms with Crippen LogP contribution < -0.4 is 0 Å². The number of hydrogen-bond acceptors (Lipinski definition) is 2. The van der Waals surface area contributed by atoms with Crippen LogP contribution in [0.4, 0.5) is 0 Å². The molecule has 1 atom stereocenters. The average Bonchev–Trinajstić information content (AvgIpc) is 1.84. The van der Waals surface area contributed by atoms with Gasteiger partial charge in [0.1, 0.15) is 0 Å². The number of alkyl halides is 2. The summed E-state index contributed by atoms with van der Waals surface area (Å²) in [5.74, 6) is -0.772. The Morgan fingerprint density at radius 2 is 2.00 bits per heavy atom. The molecule has 0 saturated carbocycles. The average molecular weight is 258 g/mol. The van der Waals surface area contributed by atoms with Gasteiger partial charge >= 0.3 is 0 Å². The van der Waals surface area contributed by atoms with Gasteiger partial charge in [-0.25, -0.2) is 0 Å². The molecule has 4 heteroatoms. The third kappa shape index (κ3) is 3.11. The second-order valence-electron chi connectivity index (χ2n) is 1.54. The van der Waals surface area contributed by atoms with Crippen molar-refractivity contribution < 1.29 is 9.59 Å². The van der Waals surface area contributed by atoms with Crippen molar-refractivity contribution in [1.82, 2.24) is 0 Å². The van der Waals surface area contributed by atoms with Crippen molar-refractivity contribution in [3.63, 3.8) is 0 Å². The van der Waals surface area contributed by atoms with E-state index < -0.39 is 0 Å². The number of hydrogen-bond donors (Lipinski definition) is 0. The van der Waals surface area contributed by atoms with Crippen molar-refractivity contribution in [3.8, 4) is 0 Å². The van der Waals surface area contributed by atoms with Gasteiger partial charge in [0, 0.05) is 0 Å². The second-order valence-corrected chi connectivity index (χ2v) is 3.47. The molecule has 52 valence electrons. The van der Waals surface area contributed by atoms with Crippen LogP contribution in [0.3, 0.4) is 0 Å². The van der Waals surface area contributed by atoms with Gasteiger partial charge in [-0.3, -0.25) is 9.59 Å². The molecule has 0 heterocycles. The van der Waals surface area contributed by atoms with Crippen molar-refractivity contribution in [3.05, 3.63) is 0 Å². The summed E-state index contributed by atoms with van der Waals surface area (Å²) < 4.78 is 0. The Morgan fingerprint density at radius 1 is 1.56 bits per heavy atom. The van der Waals surface area contributed by atoms with Gasteiger partial charge in [0.05, 0.1) is 10.2 Å². The molecule has 0 spiro atoms. The predicted molar refractivity (Wildman–Crippen MR) is 42.2 cm³/mol. The maximum Gasteiger partial charge on any atom is 0.212 e. The molecular formula is C5H6Br2O2. The molecule has 0 aromatic rings. The summed E-state index contributed by atoms with van der Waals surface area (Å²) in [6, 6.07) is 0. The van der Waals surface area contributed by atoms with Gasteiger partial charge in [-0.05, 0) is 6.92 Å². The Morgan fingerprint density at radius 3 is 2.11 bits per heavy atom. The molecular weight excluding hydrogens is 252 g/mol. The van der Waals surface area contributed by atoms with Crippen LogP contribution in [0, 0.1) is 0 Å². The molecule has 0 N–H and O–H groups in total. The summed E-state index contributed by atoms with van der Waals surface area (Å²) >= 11 is 5.88. The quantitative estimate of drug-likeness (QED) is 0.564. The van der Waals surface area contributed by atoms with Crippen LogP contribution in [-0.2, 0) is 9.59 Å². The van der Waals surface area contributed by atoms with Crippen LogP contribution in [0.25, 0.3) is 0 Å². The lowest BCUT2D eigenvalue weighted by Gasteiger charge is -1.95. The SMILES string of the molecule is CC(Br)C(=O)C(=O)CBr. The summed E-state index contributed by atoms with van der Waals surface area (Å²) in [4.78, 5) is 20.8. The lowest BCUT2D eigenvalue weighted by atomic mass is 10.2. The largest absolute Gasteiger partial charge is 0.290 e. The molecule has 0 aliphatic rings. The van der Waals surface area contributed by atoms with Crippen LogP contribution in [0.15, 0.2) is 0 Å². The molecule has 0 fully saturated rings. The topological polar surface area (TPSA) is 34.1 Å². The minimum atomic E-state index is -0.389. The normalized spacial score (nSPS) is 12.8. The van der Waals surface area contributed by atoms with E-state index in [9.17, 15) is 9.59 Å². The highest BCUT2D eigenvalue weighted by Gasteiger charge is 2.16. The fraction of sp³-hybridized carbons (Fsp3) is 0.600. The molecule has 0 bridgehead atoms. The first-order valence-corrected chi connectivity index (χ1v) is 4.40. The van der Waals surface area contributed by atoms with Gasteiger partial charge in [-0.1, -0.05) is 31.9 Å². The smallest absolute Gasteiger partial charge is 0.212 e. The minimum Gasteiger partial charge on any atom is -0.290 e. The summed E-state index contributed by atoms with van der Waals surface area (Å²) in [5.41, 5.74) is 0. The van der Waals surface area contributed by atoms with Gasteiger partial charge in [-0.2, -0.15) is 0 Å². The number of rotatable bonds is 3. The fourth-order valence-corrected chi connectivity index (χ4v) is 0.819. The Bertz CT molecular complexity index is 131. The van der Waals surface area contributed by atoms with E-state index in [1.54, 1.807) is 6.92 Å². The molecule has 0 saturated heterocycles. The Hall–Kier alpha value is 0.300. The van der Waals surface area contributed by atoms with Crippen LogP contribution in [0.2, 0.25) is 0 Å². The first-order valence-electron chi connectivity index (χ1n) is 2.36. The maximum atomic E-state index is 10.6. The number of halogens is 2. The van der Waals surface area contributed by atoms with E-state index in [2.05, 4.69) is 31.9 Å². The molecule has 0 aliphatic carbocycles. The summed E-state index contributed by atoms with van der Waals surface area (Å²) in [5, 5.41) is 0.113.